The number of nitrogens with one attached hydrogen (secondary N) is 2. The van der Waals surface area contributed by atoms with Crippen LogP contribution < -0.4 is 5.32 Å². The van der Waals surface area contributed by atoms with E-state index in [1.54, 1.807) is 0 Å². The molecule has 0 aliphatic heterocycles. The molecule has 2 aromatic carbocycles. The molecule has 3 nitrogen and oxygen atoms in total. The Kier molecular flexibility index (Phi) is 2.92. The van der Waals surface area contributed by atoms with Crippen LogP contribution in [-0.4, -0.2) is 16.2 Å². The molecular formula is C18H19N3. The van der Waals surface area contributed by atoms with Gasteiger partial charge in [-0.3, -0.25) is 5.10 Å². The maximum Gasteiger partial charge on any atom is 0.0671 e. The van der Waals surface area contributed by atoms with Crippen LogP contribution in [0.5, 0.6) is 0 Å². The Balaban J connectivity index is 1.46. The summed E-state index contributed by atoms with van der Waals surface area (Å²) >= 11 is 0. The summed E-state index contributed by atoms with van der Waals surface area (Å²) in [5.74, 6) is 0.700. The van der Waals surface area contributed by atoms with Crippen LogP contribution in [0.4, 0.5) is 5.69 Å². The van der Waals surface area contributed by atoms with E-state index in [0.717, 1.165) is 5.52 Å². The number of hydrogen-bond donors (Lipinski definition) is 2. The van der Waals surface area contributed by atoms with Crippen LogP contribution in [0.1, 0.15) is 29.9 Å². The normalized spacial score (nSPS) is 21.2. The van der Waals surface area contributed by atoms with Crippen LogP contribution in [-0.2, 0) is 0 Å². The van der Waals surface area contributed by atoms with Gasteiger partial charge in [-0.25, -0.2) is 0 Å². The minimum atomic E-state index is 0.566. The highest BCUT2D eigenvalue weighted by Gasteiger charge is 2.30. The van der Waals surface area contributed by atoms with E-state index in [4.69, 9.17) is 0 Å². The molecule has 21 heavy (non-hydrogen) atoms. The first-order valence-corrected chi connectivity index (χ1v) is 7.55. The maximum absolute atomic E-state index is 4.12. The first-order chi connectivity index (χ1) is 10.3. The van der Waals surface area contributed by atoms with Crippen molar-refractivity contribution in [1.82, 2.24) is 10.2 Å². The molecule has 0 saturated heterocycles. The van der Waals surface area contributed by atoms with Crippen LogP contribution in [0.15, 0.2) is 48.7 Å². The summed E-state index contributed by atoms with van der Waals surface area (Å²) in [5, 5.41) is 12.0. The highest BCUT2D eigenvalue weighted by atomic mass is 15.1. The number of rotatable bonds is 3. The first-order valence-electron chi connectivity index (χ1n) is 7.55. The molecule has 0 radical (unpaired) electrons. The molecule has 0 spiro atoms. The fraction of sp³-hybridized carbons (Fsp3) is 0.278. The van der Waals surface area contributed by atoms with E-state index < -0.39 is 0 Å². The summed E-state index contributed by atoms with van der Waals surface area (Å²) < 4.78 is 0. The minimum absolute atomic E-state index is 0.566. The van der Waals surface area contributed by atoms with Gasteiger partial charge in [0.15, 0.2) is 0 Å². The largest absolute Gasteiger partial charge is 0.382 e. The molecule has 1 aliphatic rings. The molecule has 3 aromatic rings. The second-order valence-electron chi connectivity index (χ2n) is 6.06. The number of benzene rings is 2. The molecule has 1 heterocycles. The Morgan fingerprint density at radius 1 is 1.14 bits per heavy atom. The molecule has 106 valence electrons. The van der Waals surface area contributed by atoms with Crippen molar-refractivity contribution in [2.24, 2.45) is 0 Å². The number of nitrogens with zero attached hydrogens (tertiary/aromatic N) is 1. The Labute approximate surface area is 124 Å². The van der Waals surface area contributed by atoms with E-state index in [1.165, 1.54) is 35.0 Å². The maximum atomic E-state index is 4.12. The highest BCUT2D eigenvalue weighted by molar-refractivity contribution is 5.91. The van der Waals surface area contributed by atoms with E-state index in [9.17, 15) is 0 Å². The van der Waals surface area contributed by atoms with E-state index in [2.05, 4.69) is 64.9 Å². The van der Waals surface area contributed by atoms with Gasteiger partial charge < -0.3 is 5.32 Å². The van der Waals surface area contributed by atoms with Gasteiger partial charge in [0.1, 0.15) is 0 Å². The number of hydrogen-bond acceptors (Lipinski definition) is 2. The molecule has 0 bridgehead atoms. The second kappa shape index (κ2) is 4.92. The zero-order chi connectivity index (χ0) is 14.2. The predicted molar refractivity (Wildman–Crippen MR) is 86.7 cm³/mol. The molecule has 0 atom stereocenters. The number of fused-ring (bicyclic) bond motifs is 1. The van der Waals surface area contributed by atoms with Crippen molar-refractivity contribution >= 4 is 16.6 Å². The minimum Gasteiger partial charge on any atom is -0.382 e. The standard InChI is InChI=1S/C18H19N3/c1-12-4-2-5-13(8-12)14-9-15(10-14)20-17-6-3-7-18-16(17)11-19-21-18/h2-8,11,14-15,20H,9-10H2,1H3,(H,19,21). The summed E-state index contributed by atoms with van der Waals surface area (Å²) in [7, 11) is 0. The quantitative estimate of drug-likeness (QED) is 0.752. The lowest BCUT2D eigenvalue weighted by molar-refractivity contribution is 0.374. The summed E-state index contributed by atoms with van der Waals surface area (Å²) in [6.07, 6.45) is 4.31. The van der Waals surface area contributed by atoms with Crippen molar-refractivity contribution < 1.29 is 0 Å². The van der Waals surface area contributed by atoms with Crippen molar-refractivity contribution in [3.05, 3.63) is 59.8 Å². The van der Waals surface area contributed by atoms with Crippen LogP contribution in [0.3, 0.4) is 0 Å². The third-order valence-electron chi connectivity index (χ3n) is 4.50. The van der Waals surface area contributed by atoms with Gasteiger partial charge in [-0.2, -0.15) is 5.10 Å². The average molecular weight is 277 g/mol. The van der Waals surface area contributed by atoms with Crippen molar-refractivity contribution in [2.45, 2.75) is 31.7 Å². The highest BCUT2D eigenvalue weighted by Crippen LogP contribution is 2.39. The zero-order valence-corrected chi connectivity index (χ0v) is 12.1. The van der Waals surface area contributed by atoms with Gasteiger partial charge in [0, 0.05) is 17.1 Å². The smallest absolute Gasteiger partial charge is 0.0671 e. The topological polar surface area (TPSA) is 40.7 Å². The molecule has 1 fully saturated rings. The molecule has 0 amide bonds. The number of anilines is 1. The monoisotopic (exact) mass is 277 g/mol. The lowest BCUT2D eigenvalue weighted by Crippen LogP contribution is -2.34. The molecule has 3 heteroatoms. The summed E-state index contributed by atoms with van der Waals surface area (Å²) in [5.41, 5.74) is 5.12. The van der Waals surface area contributed by atoms with Crippen LogP contribution >= 0.6 is 0 Å². The number of aromatic nitrogens is 2. The molecule has 2 N–H and O–H groups in total. The third kappa shape index (κ3) is 2.29. The Morgan fingerprint density at radius 3 is 2.86 bits per heavy atom. The fourth-order valence-corrected chi connectivity index (χ4v) is 3.25. The van der Waals surface area contributed by atoms with Crippen LogP contribution in [0.25, 0.3) is 10.9 Å². The second-order valence-corrected chi connectivity index (χ2v) is 6.06. The number of aromatic amines is 1. The Morgan fingerprint density at radius 2 is 2.00 bits per heavy atom. The van der Waals surface area contributed by atoms with Crippen molar-refractivity contribution in [2.75, 3.05) is 5.32 Å². The van der Waals surface area contributed by atoms with Crippen molar-refractivity contribution in [3.63, 3.8) is 0 Å². The molecule has 1 aromatic heterocycles. The molecule has 4 rings (SSSR count). The molecule has 1 saturated carbocycles. The Hall–Kier alpha value is -2.29. The lowest BCUT2D eigenvalue weighted by Gasteiger charge is -2.37. The average Bonchev–Trinajstić information content (AvgIpc) is 2.91. The van der Waals surface area contributed by atoms with Gasteiger partial charge in [0.25, 0.3) is 0 Å². The summed E-state index contributed by atoms with van der Waals surface area (Å²) in [6, 6.07) is 15.7. The van der Waals surface area contributed by atoms with Crippen LogP contribution in [0.2, 0.25) is 0 Å². The fourth-order valence-electron chi connectivity index (χ4n) is 3.25. The van der Waals surface area contributed by atoms with E-state index in [1.807, 2.05) is 6.20 Å². The summed E-state index contributed by atoms with van der Waals surface area (Å²) in [6.45, 7) is 2.16. The van der Waals surface area contributed by atoms with E-state index in [0.29, 0.717) is 12.0 Å². The van der Waals surface area contributed by atoms with Gasteiger partial charge in [0.2, 0.25) is 0 Å². The third-order valence-corrected chi connectivity index (χ3v) is 4.50. The van der Waals surface area contributed by atoms with E-state index in [-0.39, 0.29) is 0 Å². The number of aryl methyl sites for hydroxylation is 1. The van der Waals surface area contributed by atoms with Crippen molar-refractivity contribution in [1.29, 1.82) is 0 Å². The zero-order valence-electron chi connectivity index (χ0n) is 12.1. The SMILES string of the molecule is Cc1cccc(C2CC(Nc3cccc4[nH]ncc34)C2)c1. The molecular weight excluding hydrogens is 258 g/mol. The van der Waals surface area contributed by atoms with Gasteiger partial charge in [-0.05, 0) is 43.4 Å². The van der Waals surface area contributed by atoms with Gasteiger partial charge >= 0.3 is 0 Å². The lowest BCUT2D eigenvalue weighted by atomic mass is 9.75. The molecule has 0 unspecified atom stereocenters. The number of H-pyrrole nitrogens is 1. The van der Waals surface area contributed by atoms with Crippen LogP contribution in [0, 0.1) is 6.92 Å². The predicted octanol–water partition coefficient (Wildman–Crippen LogP) is 4.23. The van der Waals surface area contributed by atoms with Gasteiger partial charge in [-0.1, -0.05) is 35.9 Å². The van der Waals surface area contributed by atoms with Gasteiger partial charge in [0.05, 0.1) is 11.7 Å². The van der Waals surface area contributed by atoms with Gasteiger partial charge in [-0.15, -0.1) is 0 Å². The van der Waals surface area contributed by atoms with Crippen molar-refractivity contribution in [3.8, 4) is 0 Å². The molecule has 1 aliphatic carbocycles. The summed E-state index contributed by atoms with van der Waals surface area (Å²) in [4.78, 5) is 0. The first kappa shape index (κ1) is 12.5. The Bertz CT molecular complexity index is 769. The van der Waals surface area contributed by atoms with E-state index >= 15 is 0 Å².